The second-order valence-electron chi connectivity index (χ2n) is 5.02. The van der Waals surface area contributed by atoms with Gasteiger partial charge in [0.05, 0.1) is 9.40 Å². The third kappa shape index (κ3) is 1.30. The molecule has 0 atom stereocenters. The minimum atomic E-state index is 1.38. The van der Waals surface area contributed by atoms with E-state index in [1.807, 2.05) is 22.7 Å². The lowest BCUT2D eigenvalue weighted by atomic mass is 10.1. The minimum Gasteiger partial charge on any atom is -0.134 e. The van der Waals surface area contributed by atoms with E-state index in [1.54, 1.807) is 0 Å². The summed E-state index contributed by atoms with van der Waals surface area (Å²) < 4.78 is 5.63. The Labute approximate surface area is 123 Å². The van der Waals surface area contributed by atoms with E-state index < -0.39 is 0 Å². The molecule has 0 amide bonds. The summed E-state index contributed by atoms with van der Waals surface area (Å²) in [5, 5.41) is 5.55. The number of rotatable bonds is 0. The van der Waals surface area contributed by atoms with E-state index in [2.05, 4.69) is 60.7 Å². The van der Waals surface area contributed by atoms with Crippen molar-refractivity contribution in [3.8, 4) is 0 Å². The molecule has 0 nitrogen and oxygen atoms in total. The van der Waals surface area contributed by atoms with Crippen LogP contribution < -0.4 is 0 Å². The Morgan fingerprint density at radius 2 is 0.900 bits per heavy atom. The van der Waals surface area contributed by atoms with Gasteiger partial charge in [0.15, 0.2) is 0 Å². The average molecular weight is 290 g/mol. The van der Waals surface area contributed by atoms with Crippen LogP contribution in [0.4, 0.5) is 0 Å². The number of benzene rings is 3. The maximum Gasteiger partial charge on any atom is 0.0534 e. The Bertz CT molecular complexity index is 1010. The highest BCUT2D eigenvalue weighted by atomic mass is 32.1. The summed E-state index contributed by atoms with van der Waals surface area (Å²) in [7, 11) is 0. The third-order valence-corrected chi connectivity index (χ3v) is 6.43. The Kier molecular flexibility index (Phi) is 2.07. The quantitative estimate of drug-likeness (QED) is 0.308. The summed E-state index contributed by atoms with van der Waals surface area (Å²) in [6.45, 7) is 0. The highest BCUT2D eigenvalue weighted by molar-refractivity contribution is 7.33. The van der Waals surface area contributed by atoms with Gasteiger partial charge in [-0.1, -0.05) is 48.5 Å². The van der Waals surface area contributed by atoms with Crippen molar-refractivity contribution < 1.29 is 0 Å². The first-order valence-electron chi connectivity index (χ1n) is 6.63. The SMILES string of the molecule is c1ccc2c(c1)sc1c2ccc2c3ccccc3sc21. The number of hydrogen-bond donors (Lipinski definition) is 0. The summed E-state index contributed by atoms with van der Waals surface area (Å²) in [5.41, 5.74) is 0. The lowest BCUT2D eigenvalue weighted by Gasteiger charge is -1.93. The van der Waals surface area contributed by atoms with Gasteiger partial charge in [0.2, 0.25) is 0 Å². The predicted octanol–water partition coefficient (Wildman–Crippen LogP) is 6.42. The first-order valence-corrected chi connectivity index (χ1v) is 8.26. The smallest absolute Gasteiger partial charge is 0.0534 e. The van der Waals surface area contributed by atoms with Crippen molar-refractivity contribution in [2.45, 2.75) is 0 Å². The molecular formula is C18H10S2. The standard InChI is InChI=1S/C18H10S2/c1-3-7-15-11(5-1)13-9-10-14-12-6-2-4-8-16(12)20-18(14)17(13)19-15/h1-10H. The molecule has 0 aliphatic heterocycles. The van der Waals surface area contributed by atoms with Crippen LogP contribution in [0.1, 0.15) is 0 Å². The lowest BCUT2D eigenvalue weighted by molar-refractivity contribution is 1.86. The van der Waals surface area contributed by atoms with Crippen LogP contribution in [-0.4, -0.2) is 0 Å². The fourth-order valence-electron chi connectivity index (χ4n) is 2.97. The molecule has 0 spiro atoms. The molecule has 0 fully saturated rings. The van der Waals surface area contributed by atoms with Crippen molar-refractivity contribution in [3.63, 3.8) is 0 Å². The minimum absolute atomic E-state index is 1.38. The molecule has 5 rings (SSSR count). The highest BCUT2D eigenvalue weighted by Gasteiger charge is 2.11. The van der Waals surface area contributed by atoms with Gasteiger partial charge in [-0.25, -0.2) is 0 Å². The monoisotopic (exact) mass is 290 g/mol. The Morgan fingerprint density at radius 3 is 1.40 bits per heavy atom. The Balaban J connectivity index is 2.10. The van der Waals surface area contributed by atoms with Gasteiger partial charge in [-0.15, -0.1) is 22.7 Å². The molecule has 0 N–H and O–H groups in total. The second-order valence-corrected chi connectivity index (χ2v) is 7.12. The first-order chi connectivity index (χ1) is 9.92. The first kappa shape index (κ1) is 10.8. The van der Waals surface area contributed by atoms with Crippen LogP contribution >= 0.6 is 22.7 Å². The van der Waals surface area contributed by atoms with Gasteiger partial charge in [0.1, 0.15) is 0 Å². The summed E-state index contributed by atoms with van der Waals surface area (Å²) in [6.07, 6.45) is 0. The van der Waals surface area contributed by atoms with E-state index in [9.17, 15) is 0 Å². The summed E-state index contributed by atoms with van der Waals surface area (Å²) in [4.78, 5) is 0. The van der Waals surface area contributed by atoms with Crippen molar-refractivity contribution in [3.05, 3.63) is 60.7 Å². The molecule has 0 aliphatic rings. The van der Waals surface area contributed by atoms with E-state index in [1.165, 1.54) is 40.3 Å². The fourth-order valence-corrected chi connectivity index (χ4v) is 5.51. The van der Waals surface area contributed by atoms with Crippen LogP contribution in [0.25, 0.3) is 40.3 Å². The molecule has 0 bridgehead atoms. The molecule has 0 saturated carbocycles. The normalized spacial score (nSPS) is 12.0. The van der Waals surface area contributed by atoms with Gasteiger partial charge >= 0.3 is 0 Å². The van der Waals surface area contributed by atoms with E-state index in [0.717, 1.165) is 0 Å². The zero-order valence-electron chi connectivity index (χ0n) is 10.6. The molecular weight excluding hydrogens is 280 g/mol. The summed E-state index contributed by atoms with van der Waals surface area (Å²) in [5.74, 6) is 0. The van der Waals surface area contributed by atoms with Crippen LogP contribution in [0.15, 0.2) is 60.7 Å². The maximum atomic E-state index is 2.29. The van der Waals surface area contributed by atoms with Gasteiger partial charge in [0, 0.05) is 30.9 Å². The van der Waals surface area contributed by atoms with Crippen LogP contribution in [0.2, 0.25) is 0 Å². The molecule has 0 unspecified atom stereocenters. The molecule has 20 heavy (non-hydrogen) atoms. The van der Waals surface area contributed by atoms with Gasteiger partial charge in [0.25, 0.3) is 0 Å². The number of hydrogen-bond acceptors (Lipinski definition) is 2. The Morgan fingerprint density at radius 1 is 0.450 bits per heavy atom. The summed E-state index contributed by atoms with van der Waals surface area (Å²) in [6, 6.07) is 22.0. The van der Waals surface area contributed by atoms with Crippen molar-refractivity contribution in [2.75, 3.05) is 0 Å². The molecule has 2 heteroatoms. The zero-order valence-corrected chi connectivity index (χ0v) is 12.2. The van der Waals surface area contributed by atoms with Gasteiger partial charge < -0.3 is 0 Å². The fraction of sp³-hybridized carbons (Fsp3) is 0. The number of thiophene rings is 2. The molecule has 0 saturated heterocycles. The van der Waals surface area contributed by atoms with Crippen molar-refractivity contribution in [1.82, 2.24) is 0 Å². The Hall–Kier alpha value is -1.90. The lowest BCUT2D eigenvalue weighted by Crippen LogP contribution is -1.67. The molecule has 3 aromatic carbocycles. The van der Waals surface area contributed by atoms with Crippen LogP contribution in [0.5, 0.6) is 0 Å². The maximum absolute atomic E-state index is 2.29. The van der Waals surface area contributed by atoms with Crippen LogP contribution in [0, 0.1) is 0 Å². The van der Waals surface area contributed by atoms with Crippen molar-refractivity contribution in [2.24, 2.45) is 0 Å². The van der Waals surface area contributed by atoms with E-state index in [-0.39, 0.29) is 0 Å². The number of fused-ring (bicyclic) bond motifs is 7. The molecule has 2 heterocycles. The van der Waals surface area contributed by atoms with E-state index in [4.69, 9.17) is 0 Å². The highest BCUT2D eigenvalue weighted by Crippen LogP contribution is 2.43. The van der Waals surface area contributed by atoms with Crippen molar-refractivity contribution in [1.29, 1.82) is 0 Å². The second kappa shape index (κ2) is 3.81. The van der Waals surface area contributed by atoms with Gasteiger partial charge in [-0.3, -0.25) is 0 Å². The van der Waals surface area contributed by atoms with Crippen LogP contribution in [-0.2, 0) is 0 Å². The van der Waals surface area contributed by atoms with Crippen molar-refractivity contribution >= 4 is 63.0 Å². The third-order valence-electron chi connectivity index (χ3n) is 3.89. The van der Waals surface area contributed by atoms with E-state index in [0.29, 0.717) is 0 Å². The molecule has 2 aromatic heterocycles. The molecule has 0 radical (unpaired) electrons. The zero-order chi connectivity index (χ0) is 13.1. The average Bonchev–Trinajstić information content (AvgIpc) is 3.05. The topological polar surface area (TPSA) is 0 Å². The largest absolute Gasteiger partial charge is 0.134 e. The summed E-state index contributed by atoms with van der Waals surface area (Å²) >= 11 is 3.83. The molecule has 5 aromatic rings. The van der Waals surface area contributed by atoms with Crippen LogP contribution in [0.3, 0.4) is 0 Å². The van der Waals surface area contributed by atoms with Gasteiger partial charge in [-0.05, 0) is 12.1 Å². The molecule has 0 aliphatic carbocycles. The van der Waals surface area contributed by atoms with Gasteiger partial charge in [-0.2, -0.15) is 0 Å². The predicted molar refractivity (Wildman–Crippen MR) is 92.2 cm³/mol. The van der Waals surface area contributed by atoms with E-state index >= 15 is 0 Å². The molecule has 94 valence electrons.